The van der Waals surface area contributed by atoms with Gasteiger partial charge in [0.2, 0.25) is 0 Å². The van der Waals surface area contributed by atoms with E-state index in [0.29, 0.717) is 9.46 Å². The molecule has 0 atom stereocenters. The average Bonchev–Trinajstić information content (AvgIpc) is 2.37. The fourth-order valence-electron chi connectivity index (χ4n) is 1.76. The van der Waals surface area contributed by atoms with Crippen molar-refractivity contribution in [3.63, 3.8) is 0 Å². The lowest BCUT2D eigenvalue weighted by Crippen LogP contribution is -2.12. The van der Waals surface area contributed by atoms with Gasteiger partial charge >= 0.3 is 0 Å². The van der Waals surface area contributed by atoms with Gasteiger partial charge < -0.3 is 11.1 Å². The van der Waals surface area contributed by atoms with E-state index in [0.717, 1.165) is 27.0 Å². The van der Waals surface area contributed by atoms with Crippen LogP contribution in [0.4, 0.5) is 15.8 Å². The molecule has 0 aromatic heterocycles. The summed E-state index contributed by atoms with van der Waals surface area (Å²) in [6.07, 6.45) is 0. The summed E-state index contributed by atoms with van der Waals surface area (Å²) in [6, 6.07) is 8.76. The molecule has 0 bridgehead atoms. The fourth-order valence-corrected chi connectivity index (χ4v) is 2.63. The Balaban J connectivity index is 2.45. The van der Waals surface area contributed by atoms with Gasteiger partial charge in [-0.1, -0.05) is 28.1 Å². The molecule has 0 spiro atoms. The smallest absolute Gasteiger partial charge is 0.137 e. The Morgan fingerprint density at radius 3 is 2.55 bits per heavy atom. The van der Waals surface area contributed by atoms with Crippen molar-refractivity contribution in [2.45, 2.75) is 6.92 Å². The molecular weight excluding hydrogens is 407 g/mol. The van der Waals surface area contributed by atoms with E-state index in [1.807, 2.05) is 25.1 Å². The minimum absolute atomic E-state index is 0.293. The van der Waals surface area contributed by atoms with Gasteiger partial charge in [-0.25, -0.2) is 4.39 Å². The summed E-state index contributed by atoms with van der Waals surface area (Å²) in [7, 11) is 0. The Hall–Kier alpha value is -0.980. The highest BCUT2D eigenvalue weighted by molar-refractivity contribution is 9.10. The van der Waals surface area contributed by atoms with Crippen molar-refractivity contribution in [2.24, 2.45) is 5.73 Å². The molecule has 0 unspecified atom stereocenters. The molecule has 0 heterocycles. The van der Waals surface area contributed by atoms with Gasteiger partial charge in [0, 0.05) is 21.4 Å². The van der Waals surface area contributed by atoms with Crippen molar-refractivity contribution < 1.29 is 4.39 Å². The predicted molar refractivity (Wildman–Crippen MR) is 92.1 cm³/mol. The van der Waals surface area contributed by atoms with Crippen molar-refractivity contribution in [3.8, 4) is 0 Å². The van der Waals surface area contributed by atoms with Crippen LogP contribution >= 0.6 is 44.1 Å². The van der Waals surface area contributed by atoms with E-state index in [4.69, 9.17) is 18.0 Å². The summed E-state index contributed by atoms with van der Waals surface area (Å²) in [4.78, 5) is 0.299. The number of anilines is 2. The molecule has 6 heteroatoms. The third kappa shape index (κ3) is 3.37. The zero-order valence-corrected chi connectivity index (χ0v) is 14.5. The Morgan fingerprint density at radius 2 is 1.90 bits per heavy atom. The summed E-state index contributed by atoms with van der Waals surface area (Å²) in [6.45, 7) is 1.83. The summed E-state index contributed by atoms with van der Waals surface area (Å²) < 4.78 is 14.7. The lowest BCUT2D eigenvalue weighted by molar-refractivity contribution is 0.620. The number of nitrogens with one attached hydrogen (secondary N) is 1. The third-order valence-corrected chi connectivity index (χ3v) is 4.10. The monoisotopic (exact) mass is 416 g/mol. The van der Waals surface area contributed by atoms with Gasteiger partial charge in [-0.3, -0.25) is 0 Å². The van der Waals surface area contributed by atoms with E-state index in [9.17, 15) is 4.39 Å². The van der Waals surface area contributed by atoms with Crippen LogP contribution in [0.3, 0.4) is 0 Å². The van der Waals surface area contributed by atoms with E-state index in [2.05, 4.69) is 37.2 Å². The standard InChI is InChI=1S/C14H11Br2FN2S/c1-7-4-11(17)10(16)6-13(7)19-12-3-2-8(15)5-9(12)14(18)20/h2-6,19H,1H3,(H2,18,20). The molecule has 0 fully saturated rings. The lowest BCUT2D eigenvalue weighted by atomic mass is 10.1. The van der Waals surface area contributed by atoms with Gasteiger partial charge in [0.15, 0.2) is 0 Å². The van der Waals surface area contributed by atoms with Crippen LogP contribution in [0, 0.1) is 12.7 Å². The van der Waals surface area contributed by atoms with Crippen LogP contribution < -0.4 is 11.1 Å². The first-order chi connectivity index (χ1) is 9.38. The Labute approximate surface area is 138 Å². The van der Waals surface area contributed by atoms with Crippen LogP contribution in [0.1, 0.15) is 11.1 Å². The van der Waals surface area contributed by atoms with Crippen LogP contribution in [0.15, 0.2) is 39.3 Å². The van der Waals surface area contributed by atoms with Crippen LogP contribution in [0.25, 0.3) is 0 Å². The van der Waals surface area contributed by atoms with Crippen LogP contribution in [-0.4, -0.2) is 4.99 Å². The Morgan fingerprint density at radius 1 is 1.20 bits per heavy atom. The zero-order valence-electron chi connectivity index (χ0n) is 10.5. The number of benzene rings is 2. The molecule has 0 aliphatic rings. The fraction of sp³-hybridized carbons (Fsp3) is 0.0714. The third-order valence-electron chi connectivity index (χ3n) is 2.78. The van der Waals surface area contributed by atoms with E-state index < -0.39 is 0 Å². The number of nitrogens with two attached hydrogens (primary N) is 1. The molecule has 0 radical (unpaired) electrons. The van der Waals surface area contributed by atoms with E-state index in [1.165, 1.54) is 6.07 Å². The normalized spacial score (nSPS) is 10.4. The van der Waals surface area contributed by atoms with Crippen LogP contribution in [0.2, 0.25) is 0 Å². The first-order valence-corrected chi connectivity index (χ1v) is 7.70. The largest absolute Gasteiger partial charge is 0.389 e. The van der Waals surface area contributed by atoms with Gasteiger partial charge in [0.25, 0.3) is 0 Å². The van der Waals surface area contributed by atoms with Crippen LogP contribution in [0.5, 0.6) is 0 Å². The Kier molecular flexibility index (Phi) is 4.78. The molecule has 0 aliphatic carbocycles. The number of halogens is 3. The maximum Gasteiger partial charge on any atom is 0.137 e. The first kappa shape index (κ1) is 15.4. The SMILES string of the molecule is Cc1cc(F)c(Br)cc1Nc1ccc(Br)cc1C(N)=S. The number of aryl methyl sites for hydroxylation is 1. The molecule has 20 heavy (non-hydrogen) atoms. The summed E-state index contributed by atoms with van der Waals surface area (Å²) in [5.41, 5.74) is 8.83. The molecule has 104 valence electrons. The topological polar surface area (TPSA) is 38.0 Å². The van der Waals surface area contributed by atoms with Gasteiger partial charge in [0.1, 0.15) is 10.8 Å². The summed E-state index contributed by atoms with van der Waals surface area (Å²) in [5.74, 6) is -0.293. The quantitative estimate of drug-likeness (QED) is 0.687. The van der Waals surface area contributed by atoms with Crippen molar-refractivity contribution in [2.75, 3.05) is 5.32 Å². The van der Waals surface area contributed by atoms with E-state index in [1.54, 1.807) is 6.07 Å². The average molecular weight is 418 g/mol. The maximum absolute atomic E-state index is 13.4. The zero-order chi connectivity index (χ0) is 14.9. The molecule has 0 amide bonds. The summed E-state index contributed by atoms with van der Waals surface area (Å²) >= 11 is 11.6. The highest BCUT2D eigenvalue weighted by Crippen LogP contribution is 2.29. The minimum atomic E-state index is -0.293. The predicted octanol–water partition coefficient (Wildman–Crippen LogP) is 5.04. The molecule has 2 rings (SSSR count). The molecule has 2 aromatic rings. The van der Waals surface area contributed by atoms with Crippen LogP contribution in [-0.2, 0) is 0 Å². The number of rotatable bonds is 3. The molecule has 0 saturated carbocycles. The number of thiocarbonyl (C=S) groups is 1. The van der Waals surface area contributed by atoms with Crippen molar-refractivity contribution in [1.29, 1.82) is 0 Å². The highest BCUT2D eigenvalue weighted by atomic mass is 79.9. The highest BCUT2D eigenvalue weighted by Gasteiger charge is 2.10. The van der Waals surface area contributed by atoms with Gasteiger partial charge in [-0.15, -0.1) is 0 Å². The first-order valence-electron chi connectivity index (χ1n) is 5.70. The van der Waals surface area contributed by atoms with E-state index >= 15 is 0 Å². The van der Waals surface area contributed by atoms with Gasteiger partial charge in [0.05, 0.1) is 4.47 Å². The number of hydrogen-bond acceptors (Lipinski definition) is 2. The molecule has 2 aromatic carbocycles. The molecule has 2 nitrogen and oxygen atoms in total. The number of hydrogen-bond donors (Lipinski definition) is 2. The second kappa shape index (κ2) is 6.20. The second-order valence-corrected chi connectivity index (χ2v) is 6.47. The molecule has 0 saturated heterocycles. The molecule has 3 N–H and O–H groups in total. The molecular formula is C14H11Br2FN2S. The summed E-state index contributed by atoms with van der Waals surface area (Å²) in [5, 5.41) is 3.23. The van der Waals surface area contributed by atoms with E-state index in [-0.39, 0.29) is 5.82 Å². The lowest BCUT2D eigenvalue weighted by Gasteiger charge is -2.14. The second-order valence-electron chi connectivity index (χ2n) is 4.26. The Bertz CT molecular complexity index is 689. The minimum Gasteiger partial charge on any atom is -0.389 e. The van der Waals surface area contributed by atoms with Gasteiger partial charge in [-0.05, 0) is 58.7 Å². The van der Waals surface area contributed by atoms with Crippen molar-refractivity contribution in [1.82, 2.24) is 0 Å². The van der Waals surface area contributed by atoms with Crippen molar-refractivity contribution in [3.05, 3.63) is 56.2 Å². The molecule has 0 aliphatic heterocycles. The maximum atomic E-state index is 13.4. The van der Waals surface area contributed by atoms with Crippen molar-refractivity contribution >= 4 is 60.4 Å². The van der Waals surface area contributed by atoms with Gasteiger partial charge in [-0.2, -0.15) is 0 Å².